The average Bonchev–Trinajstić information content (AvgIpc) is 3.10. The molecule has 2 fully saturated rings. The van der Waals surface area contributed by atoms with Crippen molar-refractivity contribution in [3.8, 4) is 5.75 Å². The van der Waals surface area contributed by atoms with Gasteiger partial charge in [0, 0.05) is 11.9 Å². The number of rotatable bonds is 8. The summed E-state index contributed by atoms with van der Waals surface area (Å²) in [7, 11) is 2.97. The van der Waals surface area contributed by atoms with Crippen LogP contribution in [0.1, 0.15) is 25.0 Å². The van der Waals surface area contributed by atoms with Crippen molar-refractivity contribution in [1.82, 2.24) is 10.2 Å². The topological polar surface area (TPSA) is 94.2 Å². The van der Waals surface area contributed by atoms with Crippen LogP contribution >= 0.6 is 11.8 Å². The summed E-state index contributed by atoms with van der Waals surface area (Å²) < 4.78 is 15.6. The molecular weight excluding hydrogens is 456 g/mol. The van der Waals surface area contributed by atoms with Crippen LogP contribution in [-0.4, -0.2) is 58.8 Å². The number of nitrogens with one attached hydrogen (secondary N) is 1. The molecule has 9 heteroatoms. The van der Waals surface area contributed by atoms with Gasteiger partial charge >= 0.3 is 5.97 Å². The molecular formula is C25H28N2O6S. The first-order valence-corrected chi connectivity index (χ1v) is 11.8. The second-order valence-electron chi connectivity index (χ2n) is 8.79. The number of fused-ring (bicyclic) bond motifs is 1. The van der Waals surface area contributed by atoms with E-state index in [0.29, 0.717) is 5.75 Å². The lowest BCUT2D eigenvalue weighted by Gasteiger charge is -2.51. The number of β-lactam (4-membered cyclic amide) rings is 1. The summed E-state index contributed by atoms with van der Waals surface area (Å²) in [6.45, 7) is 3.85. The molecule has 34 heavy (non-hydrogen) atoms. The number of ether oxygens (including phenoxy) is 3. The van der Waals surface area contributed by atoms with E-state index in [1.54, 1.807) is 19.2 Å². The number of thioether (sulfide) groups is 1. The minimum atomic E-state index is -1.52. The largest absolute Gasteiger partial charge is 0.497 e. The van der Waals surface area contributed by atoms with Crippen LogP contribution in [0.2, 0.25) is 0 Å². The minimum absolute atomic E-state index is 0.0794. The standard InChI is InChI=1S/C25H28N2O6S/c1-24(2)20(21(29)33-15-17-10-12-18(31-3)13-11-17)27-22(30)25(32-4,23(27)34-24)26-19(28)14-16-8-6-5-7-9-16/h5-13,20,23H,14-15H2,1-4H3,(H,26,28)/t20-,23+,25+/m0/s1. The van der Waals surface area contributed by atoms with Crippen molar-refractivity contribution < 1.29 is 28.6 Å². The molecule has 2 aromatic rings. The third kappa shape index (κ3) is 4.25. The summed E-state index contributed by atoms with van der Waals surface area (Å²) in [4.78, 5) is 40.5. The van der Waals surface area contributed by atoms with Crippen molar-refractivity contribution in [3.63, 3.8) is 0 Å². The number of benzene rings is 2. The fourth-order valence-electron chi connectivity index (χ4n) is 4.35. The summed E-state index contributed by atoms with van der Waals surface area (Å²) in [5, 5.41) is 2.23. The molecule has 4 rings (SSSR count). The van der Waals surface area contributed by atoms with Gasteiger partial charge in [-0.05, 0) is 37.1 Å². The number of carbonyl (C=O) groups excluding carboxylic acids is 3. The summed E-state index contributed by atoms with van der Waals surface area (Å²) >= 11 is 1.41. The van der Waals surface area contributed by atoms with E-state index in [9.17, 15) is 14.4 Å². The molecule has 2 aliphatic heterocycles. The molecule has 0 aliphatic carbocycles. The molecule has 0 aromatic heterocycles. The van der Waals surface area contributed by atoms with Gasteiger partial charge in [-0.15, -0.1) is 11.8 Å². The van der Waals surface area contributed by atoms with E-state index < -0.39 is 33.8 Å². The van der Waals surface area contributed by atoms with E-state index in [-0.39, 0.29) is 18.9 Å². The highest BCUT2D eigenvalue weighted by atomic mass is 32.2. The van der Waals surface area contributed by atoms with E-state index in [2.05, 4.69) is 5.32 Å². The Kier molecular flexibility index (Phi) is 6.60. The molecule has 3 atom stereocenters. The summed E-state index contributed by atoms with van der Waals surface area (Å²) in [5.74, 6) is -0.567. The molecule has 2 heterocycles. The van der Waals surface area contributed by atoms with Gasteiger partial charge in [0.15, 0.2) is 0 Å². The van der Waals surface area contributed by atoms with Gasteiger partial charge in [0.05, 0.1) is 13.5 Å². The molecule has 0 spiro atoms. The Balaban J connectivity index is 1.45. The first kappa shape index (κ1) is 24.1. The van der Waals surface area contributed by atoms with Crippen molar-refractivity contribution in [2.75, 3.05) is 14.2 Å². The number of carbonyl (C=O) groups is 3. The molecule has 1 N–H and O–H groups in total. The highest BCUT2D eigenvalue weighted by Crippen LogP contribution is 2.55. The van der Waals surface area contributed by atoms with Crippen LogP contribution in [0, 0.1) is 0 Å². The predicted octanol–water partition coefficient (Wildman–Crippen LogP) is 2.50. The maximum absolute atomic E-state index is 13.3. The van der Waals surface area contributed by atoms with Crippen LogP contribution in [0.4, 0.5) is 0 Å². The van der Waals surface area contributed by atoms with E-state index in [1.165, 1.54) is 23.8 Å². The van der Waals surface area contributed by atoms with E-state index in [1.807, 2.05) is 56.3 Å². The van der Waals surface area contributed by atoms with Crippen LogP contribution in [0.3, 0.4) is 0 Å². The second kappa shape index (κ2) is 9.31. The third-order valence-electron chi connectivity index (χ3n) is 6.12. The number of esters is 1. The monoisotopic (exact) mass is 484 g/mol. The lowest BCUT2D eigenvalue weighted by atomic mass is 9.93. The van der Waals surface area contributed by atoms with Gasteiger partial charge in [0.1, 0.15) is 23.8 Å². The Morgan fingerprint density at radius 1 is 1.03 bits per heavy atom. The fourth-order valence-corrected chi connectivity index (χ4v) is 6.02. The first-order valence-electron chi connectivity index (χ1n) is 10.9. The Morgan fingerprint density at radius 3 is 2.32 bits per heavy atom. The molecule has 2 saturated heterocycles. The molecule has 8 nitrogen and oxygen atoms in total. The van der Waals surface area contributed by atoms with Gasteiger partial charge in [-0.3, -0.25) is 9.59 Å². The Labute approximate surface area is 202 Å². The summed E-state index contributed by atoms with van der Waals surface area (Å²) in [6, 6.07) is 15.7. The van der Waals surface area contributed by atoms with Gasteiger partial charge in [-0.2, -0.15) is 0 Å². The van der Waals surface area contributed by atoms with E-state index in [0.717, 1.165) is 11.1 Å². The number of hydrogen-bond donors (Lipinski definition) is 1. The molecule has 2 aliphatic rings. The van der Waals surface area contributed by atoms with Crippen LogP contribution in [0.25, 0.3) is 0 Å². The number of nitrogens with zero attached hydrogens (tertiary/aromatic N) is 1. The van der Waals surface area contributed by atoms with Gasteiger partial charge in [-0.25, -0.2) is 4.79 Å². The quantitative estimate of drug-likeness (QED) is 0.350. The zero-order valence-electron chi connectivity index (χ0n) is 19.6. The normalized spacial score (nSPS) is 24.7. The smallest absolute Gasteiger partial charge is 0.330 e. The molecule has 2 amide bonds. The maximum Gasteiger partial charge on any atom is 0.330 e. The molecule has 0 bridgehead atoms. The Hall–Kier alpha value is -3.04. The van der Waals surface area contributed by atoms with Crippen LogP contribution in [0.15, 0.2) is 54.6 Å². The van der Waals surface area contributed by atoms with E-state index >= 15 is 0 Å². The molecule has 0 unspecified atom stereocenters. The van der Waals surface area contributed by atoms with Gasteiger partial charge in [0.25, 0.3) is 11.6 Å². The lowest BCUT2D eigenvalue weighted by Crippen LogP contribution is -2.80. The average molecular weight is 485 g/mol. The number of amides is 2. The zero-order valence-corrected chi connectivity index (χ0v) is 20.4. The Bertz CT molecular complexity index is 1070. The molecule has 0 saturated carbocycles. The van der Waals surface area contributed by atoms with Crippen molar-refractivity contribution >= 4 is 29.5 Å². The van der Waals surface area contributed by atoms with Gasteiger partial charge < -0.3 is 24.4 Å². The van der Waals surface area contributed by atoms with Crippen molar-refractivity contribution in [2.24, 2.45) is 0 Å². The first-order chi connectivity index (χ1) is 16.2. The predicted molar refractivity (Wildman–Crippen MR) is 127 cm³/mol. The van der Waals surface area contributed by atoms with Crippen LogP contribution in [0.5, 0.6) is 5.75 Å². The highest BCUT2D eigenvalue weighted by molar-refractivity contribution is 8.01. The van der Waals surface area contributed by atoms with Crippen molar-refractivity contribution in [3.05, 3.63) is 65.7 Å². The summed E-state index contributed by atoms with van der Waals surface area (Å²) in [6.07, 6.45) is 0.118. The van der Waals surface area contributed by atoms with Crippen molar-refractivity contribution in [2.45, 2.75) is 48.8 Å². The maximum atomic E-state index is 13.3. The fraction of sp³-hybridized carbons (Fsp3) is 0.400. The van der Waals surface area contributed by atoms with Crippen molar-refractivity contribution in [1.29, 1.82) is 0 Å². The second-order valence-corrected chi connectivity index (χ2v) is 10.5. The third-order valence-corrected chi connectivity index (χ3v) is 7.74. The van der Waals surface area contributed by atoms with E-state index in [4.69, 9.17) is 14.2 Å². The highest BCUT2D eigenvalue weighted by Gasteiger charge is 2.73. The van der Waals surface area contributed by atoms with Crippen LogP contribution in [-0.2, 0) is 36.9 Å². The summed E-state index contributed by atoms with van der Waals surface area (Å²) in [5.41, 5.74) is 0.122. The lowest BCUT2D eigenvalue weighted by molar-refractivity contribution is -0.202. The van der Waals surface area contributed by atoms with Gasteiger partial charge in [-0.1, -0.05) is 42.5 Å². The molecule has 0 radical (unpaired) electrons. The van der Waals surface area contributed by atoms with Crippen LogP contribution < -0.4 is 10.1 Å². The molecule has 180 valence electrons. The Morgan fingerprint density at radius 2 is 1.71 bits per heavy atom. The zero-order chi connectivity index (χ0) is 24.5. The number of methoxy groups -OCH3 is 2. The minimum Gasteiger partial charge on any atom is -0.497 e. The molecule has 2 aromatic carbocycles. The van der Waals surface area contributed by atoms with Gasteiger partial charge in [0.2, 0.25) is 5.91 Å². The number of hydrogen-bond acceptors (Lipinski definition) is 7. The SMILES string of the molecule is COc1ccc(COC(=O)[C@@H]2N3C(=O)[C@@](NC(=O)Cc4ccccc4)(OC)[C@H]3SC2(C)C)cc1.